The minimum Gasteiger partial charge on any atom is -0.338 e. The van der Waals surface area contributed by atoms with Gasteiger partial charge in [-0.2, -0.15) is 5.10 Å². The van der Waals surface area contributed by atoms with Crippen molar-refractivity contribution in [2.24, 2.45) is 0 Å². The largest absolute Gasteiger partial charge is 0.338 e. The first-order valence-corrected chi connectivity index (χ1v) is 8.52. The third-order valence-corrected chi connectivity index (χ3v) is 4.40. The van der Waals surface area contributed by atoms with Crippen LogP contribution in [-0.4, -0.2) is 45.8 Å². The first kappa shape index (κ1) is 16.7. The van der Waals surface area contributed by atoms with Gasteiger partial charge in [-0.05, 0) is 38.3 Å². The number of anilines is 1. The summed E-state index contributed by atoms with van der Waals surface area (Å²) in [6, 6.07) is 3.88. The van der Waals surface area contributed by atoms with Gasteiger partial charge in [0, 0.05) is 24.2 Å². The highest BCUT2D eigenvalue weighted by atomic mass is 16.5. The van der Waals surface area contributed by atoms with E-state index in [1.807, 2.05) is 20.8 Å². The van der Waals surface area contributed by atoms with Crippen LogP contribution in [0.4, 0.5) is 5.88 Å². The predicted octanol–water partition coefficient (Wildman–Crippen LogP) is 2.65. The lowest BCUT2D eigenvalue weighted by Crippen LogP contribution is -2.39. The van der Waals surface area contributed by atoms with Crippen molar-refractivity contribution in [1.29, 1.82) is 0 Å². The van der Waals surface area contributed by atoms with Crippen LogP contribution in [0.25, 0.3) is 0 Å². The summed E-state index contributed by atoms with van der Waals surface area (Å²) in [7, 11) is 0. The van der Waals surface area contributed by atoms with Crippen LogP contribution in [0.1, 0.15) is 55.6 Å². The Hall–Kier alpha value is -2.15. The topological polar surface area (TPSA) is 87.1 Å². The summed E-state index contributed by atoms with van der Waals surface area (Å²) < 4.78 is 5.16. The van der Waals surface area contributed by atoms with Gasteiger partial charge < -0.3 is 4.52 Å². The summed E-state index contributed by atoms with van der Waals surface area (Å²) in [6.45, 7) is 8.22. The van der Waals surface area contributed by atoms with Crippen LogP contribution < -0.4 is 5.32 Å². The monoisotopic (exact) mass is 331 g/mol. The zero-order valence-corrected chi connectivity index (χ0v) is 14.5. The van der Waals surface area contributed by atoms with Crippen molar-refractivity contribution in [2.45, 2.75) is 45.4 Å². The van der Waals surface area contributed by atoms with Crippen molar-refractivity contribution in [1.82, 2.24) is 20.3 Å². The highest BCUT2D eigenvalue weighted by molar-refractivity contribution is 5.91. The Morgan fingerprint density at radius 2 is 2.33 bits per heavy atom. The molecule has 2 aromatic rings. The molecule has 130 valence electrons. The maximum Gasteiger partial charge on any atom is 0.240 e. The van der Waals surface area contributed by atoms with Gasteiger partial charge in [-0.15, -0.1) is 0 Å². The summed E-state index contributed by atoms with van der Waals surface area (Å²) >= 11 is 0. The smallest absolute Gasteiger partial charge is 0.240 e. The van der Waals surface area contributed by atoms with Gasteiger partial charge in [0.2, 0.25) is 11.8 Å². The average Bonchev–Trinajstić information content (AvgIpc) is 3.16. The number of H-pyrrole nitrogens is 1. The predicted molar refractivity (Wildman–Crippen MR) is 91.0 cm³/mol. The van der Waals surface area contributed by atoms with Crippen LogP contribution in [0.3, 0.4) is 0 Å². The van der Waals surface area contributed by atoms with E-state index in [1.54, 1.807) is 6.07 Å². The molecule has 1 amide bonds. The van der Waals surface area contributed by atoms with Crippen molar-refractivity contribution in [2.75, 3.05) is 25.0 Å². The van der Waals surface area contributed by atoms with Crippen molar-refractivity contribution < 1.29 is 9.32 Å². The number of rotatable bonds is 5. The molecule has 7 heteroatoms. The molecule has 1 saturated heterocycles. The Labute approximate surface area is 141 Å². The SMILES string of the molecule is Cc1cc(C2CCCN(CC(=O)Nc3cc(C(C)C)no3)C2)n[nH]1. The number of aryl methyl sites for hydroxylation is 1. The van der Waals surface area contributed by atoms with Crippen LogP contribution in [0.5, 0.6) is 0 Å². The second-order valence-corrected chi connectivity index (χ2v) is 6.87. The third-order valence-electron chi connectivity index (χ3n) is 4.40. The van der Waals surface area contributed by atoms with E-state index in [0.717, 1.165) is 43.0 Å². The van der Waals surface area contributed by atoms with E-state index in [2.05, 4.69) is 31.6 Å². The van der Waals surface area contributed by atoms with Crippen molar-refractivity contribution in [3.05, 3.63) is 29.2 Å². The van der Waals surface area contributed by atoms with Gasteiger partial charge in [0.25, 0.3) is 0 Å². The minimum atomic E-state index is -0.0692. The van der Waals surface area contributed by atoms with Gasteiger partial charge in [-0.1, -0.05) is 19.0 Å². The molecule has 0 spiro atoms. The maximum absolute atomic E-state index is 12.2. The molecule has 7 nitrogen and oxygen atoms in total. The molecule has 0 bridgehead atoms. The fourth-order valence-corrected chi connectivity index (χ4v) is 3.09. The molecule has 1 atom stereocenters. The Kier molecular flexibility index (Phi) is 4.99. The summed E-state index contributed by atoms with van der Waals surface area (Å²) in [5, 5.41) is 14.1. The number of aromatic amines is 1. The normalized spacial score (nSPS) is 18.9. The van der Waals surface area contributed by atoms with Crippen LogP contribution in [0, 0.1) is 6.92 Å². The average molecular weight is 331 g/mol. The van der Waals surface area contributed by atoms with Crippen LogP contribution in [-0.2, 0) is 4.79 Å². The molecule has 1 aliphatic rings. The third kappa shape index (κ3) is 4.03. The van der Waals surface area contributed by atoms with E-state index < -0.39 is 0 Å². The summed E-state index contributed by atoms with van der Waals surface area (Å²) in [5.41, 5.74) is 3.01. The molecule has 0 aliphatic carbocycles. The van der Waals surface area contributed by atoms with E-state index in [4.69, 9.17) is 4.52 Å². The number of hydrogen-bond donors (Lipinski definition) is 2. The van der Waals surface area contributed by atoms with Crippen molar-refractivity contribution in [3.63, 3.8) is 0 Å². The molecule has 0 saturated carbocycles. The van der Waals surface area contributed by atoms with E-state index in [9.17, 15) is 4.79 Å². The van der Waals surface area contributed by atoms with Gasteiger partial charge in [-0.25, -0.2) is 0 Å². The van der Waals surface area contributed by atoms with Crippen LogP contribution in [0.15, 0.2) is 16.7 Å². The maximum atomic E-state index is 12.2. The van der Waals surface area contributed by atoms with Gasteiger partial charge in [0.15, 0.2) is 0 Å². The molecule has 0 aromatic carbocycles. The Morgan fingerprint density at radius 3 is 3.00 bits per heavy atom. The van der Waals surface area contributed by atoms with Crippen molar-refractivity contribution in [3.8, 4) is 0 Å². The number of carbonyl (C=O) groups is 1. The van der Waals surface area contributed by atoms with Crippen LogP contribution >= 0.6 is 0 Å². The lowest BCUT2D eigenvalue weighted by atomic mass is 9.94. The molecule has 3 rings (SSSR count). The summed E-state index contributed by atoms with van der Waals surface area (Å²) in [4.78, 5) is 14.4. The zero-order chi connectivity index (χ0) is 17.1. The van der Waals surface area contributed by atoms with Gasteiger partial charge in [0.05, 0.1) is 17.9 Å². The highest BCUT2D eigenvalue weighted by Crippen LogP contribution is 2.25. The van der Waals surface area contributed by atoms with E-state index in [0.29, 0.717) is 18.3 Å². The van der Waals surface area contributed by atoms with E-state index in [-0.39, 0.29) is 11.8 Å². The summed E-state index contributed by atoms with van der Waals surface area (Å²) in [5.74, 6) is 1.01. The number of aromatic nitrogens is 3. The van der Waals surface area contributed by atoms with Crippen molar-refractivity contribution >= 4 is 11.8 Å². The van der Waals surface area contributed by atoms with Gasteiger partial charge >= 0.3 is 0 Å². The molecule has 1 unspecified atom stereocenters. The number of hydrogen-bond acceptors (Lipinski definition) is 5. The number of nitrogens with one attached hydrogen (secondary N) is 2. The Morgan fingerprint density at radius 1 is 1.50 bits per heavy atom. The minimum absolute atomic E-state index is 0.0692. The number of likely N-dealkylation sites (tertiary alicyclic amines) is 1. The van der Waals surface area contributed by atoms with E-state index >= 15 is 0 Å². The second kappa shape index (κ2) is 7.17. The lowest BCUT2D eigenvalue weighted by molar-refractivity contribution is -0.117. The second-order valence-electron chi connectivity index (χ2n) is 6.87. The first-order valence-electron chi connectivity index (χ1n) is 8.52. The number of piperidine rings is 1. The Bertz CT molecular complexity index is 691. The molecule has 2 aromatic heterocycles. The highest BCUT2D eigenvalue weighted by Gasteiger charge is 2.24. The molecule has 3 heterocycles. The standard InChI is InChI=1S/C17H25N5O2/c1-11(2)14-8-17(24-21-14)18-16(23)10-22-6-4-5-13(9-22)15-7-12(3)19-20-15/h7-8,11,13H,4-6,9-10H2,1-3H3,(H,18,23)(H,19,20). The molecule has 0 radical (unpaired) electrons. The van der Waals surface area contributed by atoms with Crippen LogP contribution in [0.2, 0.25) is 0 Å². The molecular formula is C17H25N5O2. The summed E-state index contributed by atoms with van der Waals surface area (Å²) in [6.07, 6.45) is 2.19. The first-order chi connectivity index (χ1) is 11.5. The zero-order valence-electron chi connectivity index (χ0n) is 14.5. The number of amides is 1. The molecule has 1 aliphatic heterocycles. The molecule has 2 N–H and O–H groups in total. The quantitative estimate of drug-likeness (QED) is 0.879. The number of nitrogens with zero attached hydrogens (tertiary/aromatic N) is 3. The van der Waals surface area contributed by atoms with E-state index in [1.165, 1.54) is 0 Å². The van der Waals surface area contributed by atoms with Gasteiger partial charge in [0.1, 0.15) is 0 Å². The molecular weight excluding hydrogens is 306 g/mol. The fourth-order valence-electron chi connectivity index (χ4n) is 3.09. The number of carbonyl (C=O) groups excluding carboxylic acids is 1. The fraction of sp³-hybridized carbons (Fsp3) is 0.588. The molecule has 24 heavy (non-hydrogen) atoms. The lowest BCUT2D eigenvalue weighted by Gasteiger charge is -2.31. The Balaban J connectivity index is 1.53. The molecule has 1 fully saturated rings. The van der Waals surface area contributed by atoms with Gasteiger partial charge in [-0.3, -0.25) is 20.1 Å².